The zero-order valence-electron chi connectivity index (χ0n) is 17.5. The van der Waals surface area contributed by atoms with Gasteiger partial charge < -0.3 is 10.2 Å². The van der Waals surface area contributed by atoms with Gasteiger partial charge >= 0.3 is 0 Å². The number of halogens is 2. The molecule has 2 amide bonds. The first-order valence-corrected chi connectivity index (χ1v) is 11.2. The highest BCUT2D eigenvalue weighted by atomic mass is 35.5. The van der Waals surface area contributed by atoms with E-state index in [4.69, 9.17) is 23.2 Å². The van der Waals surface area contributed by atoms with Crippen molar-refractivity contribution < 1.29 is 9.59 Å². The number of rotatable bonds is 7. The minimum Gasteiger partial charge on any atom is -0.352 e. The maximum atomic E-state index is 13.3. The van der Waals surface area contributed by atoms with Crippen LogP contribution in [0.15, 0.2) is 42.5 Å². The van der Waals surface area contributed by atoms with Gasteiger partial charge in [-0.25, -0.2) is 0 Å². The highest BCUT2D eigenvalue weighted by Gasteiger charge is 2.29. The molecule has 30 heavy (non-hydrogen) atoms. The average molecular weight is 447 g/mol. The lowest BCUT2D eigenvalue weighted by atomic mass is 10.1. The molecule has 0 aromatic heterocycles. The third-order valence-corrected chi connectivity index (χ3v) is 6.44. The van der Waals surface area contributed by atoms with E-state index in [1.807, 2.05) is 31.2 Å². The molecule has 1 atom stereocenters. The lowest BCUT2D eigenvalue weighted by Crippen LogP contribution is -2.50. The molecule has 0 radical (unpaired) electrons. The molecule has 2 aromatic carbocycles. The Kier molecular flexibility index (Phi) is 7.79. The van der Waals surface area contributed by atoms with E-state index in [1.54, 1.807) is 30.0 Å². The maximum absolute atomic E-state index is 13.3. The van der Waals surface area contributed by atoms with E-state index in [0.29, 0.717) is 22.2 Å². The van der Waals surface area contributed by atoms with E-state index in [2.05, 4.69) is 5.32 Å². The number of carbonyl (C=O) groups excluding carboxylic acids is 2. The number of nitrogens with one attached hydrogen (secondary N) is 1. The highest BCUT2D eigenvalue weighted by molar-refractivity contribution is 6.36. The van der Waals surface area contributed by atoms with Crippen LogP contribution in [0, 0.1) is 6.92 Å². The topological polar surface area (TPSA) is 49.4 Å². The van der Waals surface area contributed by atoms with Gasteiger partial charge in [0, 0.05) is 22.6 Å². The summed E-state index contributed by atoms with van der Waals surface area (Å²) in [5, 5.41) is 4.02. The van der Waals surface area contributed by atoms with E-state index in [0.717, 1.165) is 36.8 Å². The molecular weight excluding hydrogens is 419 g/mol. The van der Waals surface area contributed by atoms with E-state index in [-0.39, 0.29) is 24.3 Å². The molecule has 2 aromatic rings. The summed E-state index contributed by atoms with van der Waals surface area (Å²) in [6, 6.07) is 12.8. The monoisotopic (exact) mass is 446 g/mol. The van der Waals surface area contributed by atoms with Gasteiger partial charge in [0.2, 0.25) is 11.8 Å². The number of hydrogen-bond donors (Lipinski definition) is 1. The van der Waals surface area contributed by atoms with Crippen molar-refractivity contribution in [3.63, 3.8) is 0 Å². The Labute approximate surface area is 188 Å². The van der Waals surface area contributed by atoms with Crippen LogP contribution in [0.1, 0.15) is 49.3 Å². The Balaban J connectivity index is 1.80. The van der Waals surface area contributed by atoms with Crippen LogP contribution < -0.4 is 5.32 Å². The second-order valence-electron chi connectivity index (χ2n) is 8.05. The number of hydrogen-bond acceptors (Lipinski definition) is 2. The smallest absolute Gasteiger partial charge is 0.242 e. The molecule has 6 heteroatoms. The van der Waals surface area contributed by atoms with Crippen LogP contribution >= 0.6 is 23.2 Å². The fourth-order valence-electron chi connectivity index (χ4n) is 3.82. The van der Waals surface area contributed by atoms with E-state index in [9.17, 15) is 9.59 Å². The van der Waals surface area contributed by atoms with E-state index in [1.165, 1.54) is 0 Å². The van der Waals surface area contributed by atoms with Crippen LogP contribution in [0.4, 0.5) is 0 Å². The molecule has 1 aliphatic rings. The highest BCUT2D eigenvalue weighted by Crippen LogP contribution is 2.26. The van der Waals surface area contributed by atoms with Crippen LogP contribution in [0.25, 0.3) is 0 Å². The van der Waals surface area contributed by atoms with Crippen molar-refractivity contribution in [2.45, 2.75) is 64.6 Å². The second-order valence-corrected chi connectivity index (χ2v) is 8.86. The Morgan fingerprint density at radius 3 is 2.27 bits per heavy atom. The van der Waals surface area contributed by atoms with Crippen LogP contribution in [-0.2, 0) is 22.6 Å². The standard InChI is InChI=1S/C24H28Cl2N2O2/c1-16-10-12-18(13-11-16)15-28(17(2)24(30)27-19-6-3-4-7-19)23(29)14-20-21(25)8-5-9-22(20)26/h5,8-13,17,19H,3-4,6-7,14-15H2,1-2H3,(H,27,30)/t17-/m1/s1. The maximum Gasteiger partial charge on any atom is 0.242 e. The third-order valence-electron chi connectivity index (χ3n) is 5.73. The minimum absolute atomic E-state index is 0.0470. The summed E-state index contributed by atoms with van der Waals surface area (Å²) in [7, 11) is 0. The Hall–Kier alpha value is -2.04. The van der Waals surface area contributed by atoms with Crippen LogP contribution in [0.5, 0.6) is 0 Å². The Morgan fingerprint density at radius 2 is 1.67 bits per heavy atom. The first kappa shape index (κ1) is 22.6. The number of carbonyl (C=O) groups is 2. The van der Waals surface area contributed by atoms with Gasteiger partial charge in [-0.1, -0.05) is 71.9 Å². The molecule has 1 N–H and O–H groups in total. The lowest BCUT2D eigenvalue weighted by Gasteiger charge is -2.30. The van der Waals surface area contributed by atoms with Crippen LogP contribution in [0.3, 0.4) is 0 Å². The largest absolute Gasteiger partial charge is 0.352 e. The molecule has 0 saturated heterocycles. The molecule has 1 aliphatic carbocycles. The average Bonchev–Trinajstić information content (AvgIpc) is 3.22. The molecule has 0 aliphatic heterocycles. The van der Waals surface area contributed by atoms with Crippen molar-refractivity contribution in [2.75, 3.05) is 0 Å². The summed E-state index contributed by atoms with van der Waals surface area (Å²) in [6.45, 7) is 4.15. The minimum atomic E-state index is -0.597. The van der Waals surface area contributed by atoms with Gasteiger partial charge in [-0.3, -0.25) is 9.59 Å². The summed E-state index contributed by atoms with van der Waals surface area (Å²) >= 11 is 12.6. The third kappa shape index (κ3) is 5.77. The van der Waals surface area contributed by atoms with Gasteiger partial charge in [-0.15, -0.1) is 0 Å². The predicted octanol–water partition coefficient (Wildman–Crippen LogP) is 5.32. The first-order chi connectivity index (χ1) is 14.3. The molecule has 1 fully saturated rings. The fourth-order valence-corrected chi connectivity index (χ4v) is 4.35. The molecule has 1 saturated carbocycles. The summed E-state index contributed by atoms with van der Waals surface area (Å²) in [5.41, 5.74) is 2.70. The predicted molar refractivity (Wildman–Crippen MR) is 122 cm³/mol. The summed E-state index contributed by atoms with van der Waals surface area (Å²) in [6.07, 6.45) is 4.32. The summed E-state index contributed by atoms with van der Waals surface area (Å²) in [5.74, 6) is -0.299. The van der Waals surface area contributed by atoms with Gasteiger partial charge in [0.25, 0.3) is 0 Å². The molecular formula is C24H28Cl2N2O2. The van der Waals surface area contributed by atoms with Gasteiger partial charge in [0.15, 0.2) is 0 Å². The molecule has 0 spiro atoms. The quantitative estimate of drug-likeness (QED) is 0.625. The van der Waals surface area contributed by atoms with Crippen molar-refractivity contribution in [1.82, 2.24) is 10.2 Å². The SMILES string of the molecule is Cc1ccc(CN(C(=O)Cc2c(Cl)cccc2Cl)[C@H](C)C(=O)NC2CCCC2)cc1. The molecule has 3 rings (SSSR count). The first-order valence-electron chi connectivity index (χ1n) is 10.4. The van der Waals surface area contributed by atoms with E-state index < -0.39 is 6.04 Å². The molecule has 0 heterocycles. The second kappa shape index (κ2) is 10.3. The van der Waals surface area contributed by atoms with Crippen molar-refractivity contribution in [3.8, 4) is 0 Å². The van der Waals surface area contributed by atoms with Crippen molar-refractivity contribution in [2.24, 2.45) is 0 Å². The number of nitrogens with zero attached hydrogens (tertiary/aromatic N) is 1. The van der Waals surface area contributed by atoms with Gasteiger partial charge in [0.1, 0.15) is 6.04 Å². The lowest BCUT2D eigenvalue weighted by molar-refractivity contribution is -0.140. The van der Waals surface area contributed by atoms with Gasteiger partial charge in [-0.2, -0.15) is 0 Å². The number of amides is 2. The Morgan fingerprint density at radius 1 is 1.07 bits per heavy atom. The van der Waals surface area contributed by atoms with E-state index >= 15 is 0 Å². The molecule has 0 unspecified atom stereocenters. The number of benzene rings is 2. The zero-order valence-corrected chi connectivity index (χ0v) is 19.0. The van der Waals surface area contributed by atoms with Crippen molar-refractivity contribution in [1.29, 1.82) is 0 Å². The molecule has 0 bridgehead atoms. The van der Waals surface area contributed by atoms with Gasteiger partial charge in [-0.05, 0) is 49.9 Å². The van der Waals surface area contributed by atoms with Gasteiger partial charge in [0.05, 0.1) is 6.42 Å². The van der Waals surface area contributed by atoms with Crippen molar-refractivity contribution >= 4 is 35.0 Å². The van der Waals surface area contributed by atoms with Crippen LogP contribution in [0.2, 0.25) is 10.0 Å². The summed E-state index contributed by atoms with van der Waals surface area (Å²) in [4.78, 5) is 27.8. The fraction of sp³-hybridized carbons (Fsp3) is 0.417. The zero-order chi connectivity index (χ0) is 21.7. The normalized spacial score (nSPS) is 15.1. The van der Waals surface area contributed by atoms with Crippen LogP contribution in [-0.4, -0.2) is 28.8 Å². The molecule has 4 nitrogen and oxygen atoms in total. The summed E-state index contributed by atoms with van der Waals surface area (Å²) < 4.78 is 0. The molecule has 160 valence electrons. The number of aryl methyl sites for hydroxylation is 1. The van der Waals surface area contributed by atoms with Crippen molar-refractivity contribution in [3.05, 3.63) is 69.2 Å². The Bertz CT molecular complexity index is 872.